The van der Waals surface area contributed by atoms with E-state index < -0.39 is 0 Å². The maximum atomic E-state index is 12.4. The molecule has 0 aliphatic carbocycles. The van der Waals surface area contributed by atoms with Crippen molar-refractivity contribution in [3.8, 4) is 11.6 Å². The number of anilines is 1. The molecule has 8 heteroatoms. The van der Waals surface area contributed by atoms with Gasteiger partial charge in [-0.1, -0.05) is 12.1 Å². The molecule has 1 N–H and O–H groups in total. The van der Waals surface area contributed by atoms with Crippen molar-refractivity contribution in [1.29, 1.82) is 0 Å². The third-order valence-corrected chi connectivity index (χ3v) is 4.65. The van der Waals surface area contributed by atoms with Gasteiger partial charge in [-0.15, -0.1) is 10.2 Å². The zero-order valence-electron chi connectivity index (χ0n) is 16.6. The van der Waals surface area contributed by atoms with Crippen LogP contribution in [0.4, 0.5) is 10.6 Å². The molecule has 1 atom stereocenters. The number of carbonyl (C=O) groups excluding carboxylic acids is 1. The van der Waals surface area contributed by atoms with Gasteiger partial charge in [0.2, 0.25) is 5.88 Å². The van der Waals surface area contributed by atoms with E-state index >= 15 is 0 Å². The number of urea groups is 1. The number of nitrogens with zero attached hydrogens (tertiary/aromatic N) is 4. The fourth-order valence-electron chi connectivity index (χ4n) is 3.01. The number of methoxy groups -OCH3 is 1. The second-order valence-electron chi connectivity index (χ2n) is 6.93. The van der Waals surface area contributed by atoms with Gasteiger partial charge in [-0.2, -0.15) is 0 Å². The van der Waals surface area contributed by atoms with Crippen LogP contribution in [0.1, 0.15) is 12.0 Å². The molecule has 1 aromatic heterocycles. The van der Waals surface area contributed by atoms with Gasteiger partial charge in [0.25, 0.3) is 0 Å². The van der Waals surface area contributed by atoms with Crippen molar-refractivity contribution in [1.82, 2.24) is 20.4 Å². The average molecular weight is 385 g/mol. The number of ether oxygens (including phenoxy) is 2. The lowest BCUT2D eigenvalue weighted by Crippen LogP contribution is -2.40. The van der Waals surface area contributed by atoms with Crippen molar-refractivity contribution in [2.24, 2.45) is 0 Å². The Morgan fingerprint density at radius 3 is 2.64 bits per heavy atom. The van der Waals surface area contributed by atoms with Crippen LogP contribution in [-0.4, -0.2) is 68.1 Å². The molecule has 150 valence electrons. The number of likely N-dealkylation sites (tertiary alicyclic amines) is 1. The Labute approximate surface area is 165 Å². The molecule has 1 saturated heterocycles. The molecule has 1 aromatic carbocycles. The molecule has 0 saturated carbocycles. The fraction of sp³-hybridized carbons (Fsp3) is 0.450. The minimum Gasteiger partial charge on any atom is -0.497 e. The van der Waals surface area contributed by atoms with Crippen molar-refractivity contribution in [3.05, 3.63) is 42.0 Å². The average Bonchev–Trinajstić information content (AvgIpc) is 3.17. The van der Waals surface area contributed by atoms with Gasteiger partial charge in [0.15, 0.2) is 5.82 Å². The van der Waals surface area contributed by atoms with Crippen LogP contribution in [0, 0.1) is 0 Å². The van der Waals surface area contributed by atoms with E-state index in [2.05, 4.69) is 15.5 Å². The monoisotopic (exact) mass is 385 g/mol. The highest BCUT2D eigenvalue weighted by molar-refractivity contribution is 5.74. The van der Waals surface area contributed by atoms with E-state index in [1.54, 1.807) is 18.1 Å². The van der Waals surface area contributed by atoms with E-state index in [4.69, 9.17) is 9.47 Å². The van der Waals surface area contributed by atoms with E-state index in [0.29, 0.717) is 25.5 Å². The summed E-state index contributed by atoms with van der Waals surface area (Å²) in [6, 6.07) is 11.5. The normalized spacial score (nSPS) is 16.0. The SMILES string of the molecule is COc1ccc(CCNC(=O)N2CCC(Oc3ccc(N(C)C)nn3)C2)cc1. The van der Waals surface area contributed by atoms with Gasteiger partial charge in [-0.25, -0.2) is 4.79 Å². The Kier molecular flexibility index (Phi) is 6.52. The van der Waals surface area contributed by atoms with Crippen LogP contribution in [0.3, 0.4) is 0 Å². The summed E-state index contributed by atoms with van der Waals surface area (Å²) in [6.07, 6.45) is 1.49. The van der Waals surface area contributed by atoms with Crippen molar-refractivity contribution in [2.75, 3.05) is 45.7 Å². The summed E-state index contributed by atoms with van der Waals surface area (Å²) >= 11 is 0. The van der Waals surface area contributed by atoms with E-state index in [1.165, 1.54) is 0 Å². The fourth-order valence-corrected chi connectivity index (χ4v) is 3.01. The van der Waals surface area contributed by atoms with E-state index in [9.17, 15) is 4.79 Å². The molecule has 2 heterocycles. The van der Waals surface area contributed by atoms with E-state index in [0.717, 1.165) is 30.0 Å². The first-order valence-electron chi connectivity index (χ1n) is 9.38. The molecular weight excluding hydrogens is 358 g/mol. The van der Waals surface area contributed by atoms with Gasteiger partial charge < -0.3 is 24.6 Å². The second-order valence-corrected chi connectivity index (χ2v) is 6.93. The van der Waals surface area contributed by atoms with Crippen LogP contribution in [0.2, 0.25) is 0 Å². The van der Waals surface area contributed by atoms with Gasteiger partial charge in [-0.05, 0) is 30.2 Å². The first-order chi connectivity index (χ1) is 13.5. The van der Waals surface area contributed by atoms with Crippen molar-refractivity contribution in [2.45, 2.75) is 18.9 Å². The number of carbonyl (C=O) groups is 1. The zero-order valence-corrected chi connectivity index (χ0v) is 16.6. The number of nitrogens with one attached hydrogen (secondary N) is 1. The standard InChI is InChI=1S/C20H27N5O3/c1-24(2)18-8-9-19(23-22-18)28-17-11-13-25(14-17)20(26)21-12-10-15-4-6-16(27-3)7-5-15/h4-9,17H,10-14H2,1-3H3,(H,21,26). The lowest BCUT2D eigenvalue weighted by molar-refractivity contribution is 0.182. The Balaban J connectivity index is 1.40. The van der Waals surface area contributed by atoms with Crippen LogP contribution in [-0.2, 0) is 6.42 Å². The number of aromatic nitrogens is 2. The lowest BCUT2D eigenvalue weighted by atomic mass is 10.1. The first-order valence-corrected chi connectivity index (χ1v) is 9.38. The molecule has 1 unspecified atom stereocenters. The van der Waals surface area contributed by atoms with Crippen LogP contribution < -0.4 is 19.7 Å². The van der Waals surface area contributed by atoms with E-state index in [1.807, 2.05) is 49.3 Å². The molecule has 8 nitrogen and oxygen atoms in total. The number of benzene rings is 1. The third kappa shape index (κ3) is 5.25. The number of hydrogen-bond acceptors (Lipinski definition) is 6. The minimum absolute atomic E-state index is 0.0614. The van der Waals surface area contributed by atoms with Crippen LogP contribution in [0.25, 0.3) is 0 Å². The third-order valence-electron chi connectivity index (χ3n) is 4.65. The number of rotatable bonds is 7. The molecule has 28 heavy (non-hydrogen) atoms. The molecule has 0 radical (unpaired) electrons. The molecule has 1 fully saturated rings. The number of hydrogen-bond donors (Lipinski definition) is 1. The van der Waals surface area contributed by atoms with Gasteiger partial charge >= 0.3 is 6.03 Å². The summed E-state index contributed by atoms with van der Waals surface area (Å²) in [6.45, 7) is 1.80. The summed E-state index contributed by atoms with van der Waals surface area (Å²) < 4.78 is 11.0. The summed E-state index contributed by atoms with van der Waals surface area (Å²) in [5.41, 5.74) is 1.16. The molecule has 2 aromatic rings. The van der Waals surface area contributed by atoms with Crippen molar-refractivity contribution >= 4 is 11.8 Å². The maximum Gasteiger partial charge on any atom is 0.317 e. The molecule has 1 aliphatic heterocycles. The summed E-state index contributed by atoms with van der Waals surface area (Å²) in [5, 5.41) is 11.2. The van der Waals surface area contributed by atoms with E-state index in [-0.39, 0.29) is 12.1 Å². The van der Waals surface area contributed by atoms with Gasteiger partial charge in [0.1, 0.15) is 11.9 Å². The topological polar surface area (TPSA) is 79.8 Å². The Morgan fingerprint density at radius 2 is 2.00 bits per heavy atom. The van der Waals surface area contributed by atoms with Gasteiger partial charge in [0.05, 0.1) is 13.7 Å². The lowest BCUT2D eigenvalue weighted by Gasteiger charge is -2.18. The maximum absolute atomic E-state index is 12.4. The predicted octanol–water partition coefficient (Wildman–Crippen LogP) is 1.96. The Hall–Kier alpha value is -3.03. The molecule has 0 spiro atoms. The number of amides is 2. The highest BCUT2D eigenvalue weighted by Gasteiger charge is 2.27. The molecule has 2 amide bonds. The smallest absolute Gasteiger partial charge is 0.317 e. The van der Waals surface area contributed by atoms with Crippen LogP contribution >= 0.6 is 0 Å². The summed E-state index contributed by atoms with van der Waals surface area (Å²) in [4.78, 5) is 16.0. The molecule has 1 aliphatic rings. The molecular formula is C20H27N5O3. The Bertz CT molecular complexity index is 764. The largest absolute Gasteiger partial charge is 0.497 e. The Morgan fingerprint density at radius 1 is 1.21 bits per heavy atom. The van der Waals surface area contributed by atoms with Crippen LogP contribution in [0.5, 0.6) is 11.6 Å². The quantitative estimate of drug-likeness (QED) is 0.785. The first kappa shape index (κ1) is 19.7. The summed E-state index contributed by atoms with van der Waals surface area (Å²) in [7, 11) is 5.47. The highest BCUT2D eigenvalue weighted by atomic mass is 16.5. The highest BCUT2D eigenvalue weighted by Crippen LogP contribution is 2.17. The minimum atomic E-state index is -0.0631. The molecule has 3 rings (SSSR count). The predicted molar refractivity (Wildman–Crippen MR) is 107 cm³/mol. The summed E-state index contributed by atoms with van der Waals surface area (Å²) in [5.74, 6) is 2.09. The van der Waals surface area contributed by atoms with Crippen molar-refractivity contribution < 1.29 is 14.3 Å². The second kappa shape index (κ2) is 9.25. The van der Waals surface area contributed by atoms with Crippen LogP contribution in [0.15, 0.2) is 36.4 Å². The zero-order chi connectivity index (χ0) is 19.9. The van der Waals surface area contributed by atoms with Gasteiger partial charge in [-0.3, -0.25) is 0 Å². The van der Waals surface area contributed by atoms with Crippen molar-refractivity contribution in [3.63, 3.8) is 0 Å². The molecule has 0 bridgehead atoms. The van der Waals surface area contributed by atoms with Gasteiger partial charge in [0, 0.05) is 39.7 Å².